The zero-order valence-corrected chi connectivity index (χ0v) is 15.2. The molecule has 3 fully saturated rings. The van der Waals surface area contributed by atoms with E-state index in [1.165, 1.54) is 0 Å². The fourth-order valence-corrected chi connectivity index (χ4v) is 4.44. The van der Waals surface area contributed by atoms with Crippen molar-refractivity contribution < 1.29 is 22.8 Å². The molecular weight excluding hydrogens is 375 g/mol. The van der Waals surface area contributed by atoms with Crippen LogP contribution in [-0.4, -0.2) is 51.9 Å². The summed E-state index contributed by atoms with van der Waals surface area (Å²) in [5.74, 6) is 0.290. The van der Waals surface area contributed by atoms with Gasteiger partial charge in [0, 0.05) is 43.6 Å². The van der Waals surface area contributed by atoms with Crippen LogP contribution in [0.4, 0.5) is 19.1 Å². The van der Waals surface area contributed by atoms with Crippen LogP contribution in [0.5, 0.6) is 0 Å². The minimum atomic E-state index is -4.50. The maximum absolute atomic E-state index is 12.8. The summed E-state index contributed by atoms with van der Waals surface area (Å²) in [5.41, 5.74) is -0.972. The van der Waals surface area contributed by atoms with E-state index in [1.807, 2.05) is 4.90 Å². The monoisotopic (exact) mass is 397 g/mol. The average Bonchev–Trinajstić information content (AvgIpc) is 3.19. The van der Waals surface area contributed by atoms with Crippen LogP contribution in [-0.2, 0) is 15.8 Å². The Balaban J connectivity index is 1.28. The molecule has 3 aliphatic rings. The standard InChI is InChI=1S/C18H22F3N5O2/c19-18(20,21)14-5-6-22-17(25-14)23-12-3-1-10(2-4-12)16(28)26-8-11-7-15(27)24-13(11)9-26/h5-6,10-13H,1-4,7-9H2,(H,24,27)(H,22,23,25)/t10?,11-,12?,13+/m0/s1. The number of likely N-dealkylation sites (tertiary alicyclic amines) is 1. The van der Waals surface area contributed by atoms with Gasteiger partial charge in [-0.15, -0.1) is 0 Å². The SMILES string of the molecule is O=C1C[C@H]2CN(C(=O)C3CCC(Nc4nccc(C(F)(F)F)n4)CC3)C[C@H]2N1. The lowest BCUT2D eigenvalue weighted by atomic mass is 9.85. The van der Waals surface area contributed by atoms with Crippen molar-refractivity contribution in [1.82, 2.24) is 20.2 Å². The summed E-state index contributed by atoms with van der Waals surface area (Å²) in [6.07, 6.45) is -0.225. The summed E-state index contributed by atoms with van der Waals surface area (Å²) >= 11 is 0. The predicted octanol–water partition coefficient (Wildman–Crippen LogP) is 1.81. The van der Waals surface area contributed by atoms with E-state index in [1.54, 1.807) is 0 Å². The van der Waals surface area contributed by atoms with Crippen LogP contribution in [0.1, 0.15) is 37.8 Å². The van der Waals surface area contributed by atoms with E-state index >= 15 is 0 Å². The lowest BCUT2D eigenvalue weighted by molar-refractivity contribution is -0.141. The van der Waals surface area contributed by atoms with Crippen LogP contribution in [0.3, 0.4) is 0 Å². The number of rotatable bonds is 3. The molecule has 7 nitrogen and oxygen atoms in total. The number of alkyl halides is 3. The first-order chi connectivity index (χ1) is 13.3. The van der Waals surface area contributed by atoms with Gasteiger partial charge in [0.1, 0.15) is 5.69 Å². The molecule has 1 saturated carbocycles. The van der Waals surface area contributed by atoms with E-state index in [9.17, 15) is 22.8 Å². The van der Waals surface area contributed by atoms with E-state index in [0.717, 1.165) is 12.3 Å². The summed E-state index contributed by atoms with van der Waals surface area (Å²) in [4.78, 5) is 33.4. The highest BCUT2D eigenvalue weighted by atomic mass is 19.4. The van der Waals surface area contributed by atoms with Crippen LogP contribution >= 0.6 is 0 Å². The molecule has 0 unspecified atom stereocenters. The maximum Gasteiger partial charge on any atom is 0.433 e. The number of anilines is 1. The second-order valence-electron chi connectivity index (χ2n) is 7.84. The van der Waals surface area contributed by atoms with Gasteiger partial charge in [-0.3, -0.25) is 9.59 Å². The molecule has 1 aromatic rings. The van der Waals surface area contributed by atoms with Crippen LogP contribution in [0.25, 0.3) is 0 Å². The zero-order chi connectivity index (χ0) is 19.9. The third-order valence-corrected chi connectivity index (χ3v) is 5.90. The van der Waals surface area contributed by atoms with Gasteiger partial charge in [-0.1, -0.05) is 0 Å². The summed E-state index contributed by atoms with van der Waals surface area (Å²) in [7, 11) is 0. The van der Waals surface area contributed by atoms with Crippen LogP contribution in [0.15, 0.2) is 12.3 Å². The third kappa shape index (κ3) is 3.90. The molecule has 152 valence electrons. The van der Waals surface area contributed by atoms with Gasteiger partial charge in [-0.25, -0.2) is 9.97 Å². The molecule has 1 aliphatic carbocycles. The van der Waals surface area contributed by atoms with Crippen molar-refractivity contribution in [2.75, 3.05) is 18.4 Å². The van der Waals surface area contributed by atoms with Gasteiger partial charge in [0.25, 0.3) is 0 Å². The molecule has 2 atom stereocenters. The summed E-state index contributed by atoms with van der Waals surface area (Å²) < 4.78 is 38.3. The second-order valence-corrected chi connectivity index (χ2v) is 7.84. The number of hydrogen-bond acceptors (Lipinski definition) is 5. The fourth-order valence-electron chi connectivity index (χ4n) is 4.44. The summed E-state index contributed by atoms with van der Waals surface area (Å²) in [5, 5.41) is 5.88. The predicted molar refractivity (Wildman–Crippen MR) is 93.0 cm³/mol. The van der Waals surface area contributed by atoms with Crippen LogP contribution in [0.2, 0.25) is 0 Å². The van der Waals surface area contributed by atoms with Crippen LogP contribution in [0, 0.1) is 11.8 Å². The Kier molecular flexibility index (Phi) is 4.88. The fraction of sp³-hybridized carbons (Fsp3) is 0.667. The number of carbonyl (C=O) groups excluding carboxylic acids is 2. The van der Waals surface area contributed by atoms with Gasteiger partial charge < -0.3 is 15.5 Å². The Morgan fingerprint density at radius 3 is 2.64 bits per heavy atom. The molecule has 0 radical (unpaired) electrons. The van der Waals surface area contributed by atoms with Crippen molar-refractivity contribution in [3.63, 3.8) is 0 Å². The average molecular weight is 397 g/mol. The highest BCUT2D eigenvalue weighted by Crippen LogP contribution is 2.32. The highest BCUT2D eigenvalue weighted by molar-refractivity contribution is 5.82. The topological polar surface area (TPSA) is 87.2 Å². The van der Waals surface area contributed by atoms with Crippen molar-refractivity contribution in [1.29, 1.82) is 0 Å². The molecule has 0 spiro atoms. The molecule has 2 aliphatic heterocycles. The minimum Gasteiger partial charge on any atom is -0.351 e. The van der Waals surface area contributed by atoms with Crippen LogP contribution < -0.4 is 10.6 Å². The lowest BCUT2D eigenvalue weighted by Gasteiger charge is -2.31. The molecule has 0 aromatic carbocycles. The Morgan fingerprint density at radius 1 is 1.21 bits per heavy atom. The highest BCUT2D eigenvalue weighted by Gasteiger charge is 2.43. The number of nitrogens with one attached hydrogen (secondary N) is 2. The quantitative estimate of drug-likeness (QED) is 0.813. The van der Waals surface area contributed by atoms with Gasteiger partial charge in [0.2, 0.25) is 17.8 Å². The Morgan fingerprint density at radius 2 is 1.96 bits per heavy atom. The van der Waals surface area contributed by atoms with E-state index < -0.39 is 11.9 Å². The number of aromatic nitrogens is 2. The van der Waals surface area contributed by atoms with Gasteiger partial charge in [-0.05, 0) is 31.7 Å². The smallest absolute Gasteiger partial charge is 0.351 e. The number of hydrogen-bond donors (Lipinski definition) is 2. The molecule has 3 heterocycles. The number of fused-ring (bicyclic) bond motifs is 1. The second kappa shape index (κ2) is 7.21. The third-order valence-electron chi connectivity index (χ3n) is 5.90. The van der Waals surface area contributed by atoms with E-state index in [2.05, 4.69) is 20.6 Å². The largest absolute Gasteiger partial charge is 0.433 e. The van der Waals surface area contributed by atoms with Gasteiger partial charge in [0.05, 0.1) is 6.04 Å². The van der Waals surface area contributed by atoms with Crippen molar-refractivity contribution in [3.05, 3.63) is 18.0 Å². The van der Waals surface area contributed by atoms with Crippen molar-refractivity contribution in [2.24, 2.45) is 11.8 Å². The summed E-state index contributed by atoms with van der Waals surface area (Å²) in [6.45, 7) is 1.20. The van der Waals surface area contributed by atoms with Gasteiger partial charge in [-0.2, -0.15) is 13.2 Å². The Hall–Kier alpha value is -2.39. The summed E-state index contributed by atoms with van der Waals surface area (Å²) in [6, 6.07) is 0.867. The van der Waals surface area contributed by atoms with Crippen molar-refractivity contribution >= 4 is 17.8 Å². The van der Waals surface area contributed by atoms with Crippen molar-refractivity contribution in [2.45, 2.75) is 50.4 Å². The number of halogens is 3. The van der Waals surface area contributed by atoms with Crippen molar-refractivity contribution in [3.8, 4) is 0 Å². The number of nitrogens with zero attached hydrogens (tertiary/aromatic N) is 3. The molecule has 1 aromatic heterocycles. The Bertz CT molecular complexity index is 748. The molecule has 28 heavy (non-hydrogen) atoms. The normalized spacial score (nSPS) is 30.1. The van der Waals surface area contributed by atoms with E-state index in [4.69, 9.17) is 0 Å². The van der Waals surface area contributed by atoms with Gasteiger partial charge >= 0.3 is 6.18 Å². The molecule has 0 bridgehead atoms. The Labute approximate surface area is 160 Å². The van der Waals surface area contributed by atoms with E-state index in [0.29, 0.717) is 45.2 Å². The molecule has 2 N–H and O–H groups in total. The first-order valence-electron chi connectivity index (χ1n) is 9.54. The molecule has 10 heteroatoms. The molecule has 2 saturated heterocycles. The maximum atomic E-state index is 12.8. The van der Waals surface area contributed by atoms with E-state index in [-0.39, 0.29) is 41.7 Å². The first kappa shape index (κ1) is 18.9. The lowest BCUT2D eigenvalue weighted by Crippen LogP contribution is -2.40. The minimum absolute atomic E-state index is 0.0345. The zero-order valence-electron chi connectivity index (χ0n) is 15.2. The van der Waals surface area contributed by atoms with Gasteiger partial charge in [0.15, 0.2) is 0 Å². The molecule has 2 amide bonds. The first-order valence-corrected chi connectivity index (χ1v) is 9.54. The molecule has 4 rings (SSSR count). The number of carbonyl (C=O) groups is 2. The number of amides is 2. The molecular formula is C18H22F3N5O2.